The fourth-order valence-corrected chi connectivity index (χ4v) is 3.59. The van der Waals surface area contributed by atoms with Crippen LogP contribution in [0.4, 0.5) is 8.78 Å². The zero-order valence-electron chi connectivity index (χ0n) is 22.1. The molecule has 0 aliphatic carbocycles. The van der Waals surface area contributed by atoms with Crippen LogP contribution in [0.15, 0.2) is 72.8 Å². The Bertz CT molecular complexity index is 1400. The van der Waals surface area contributed by atoms with Gasteiger partial charge in [0.15, 0.2) is 0 Å². The van der Waals surface area contributed by atoms with E-state index in [0.717, 1.165) is 17.7 Å². The number of benzene rings is 3. The fraction of sp³-hybridized carbons (Fsp3) is 0.226. The van der Waals surface area contributed by atoms with Crippen LogP contribution in [0.1, 0.15) is 50.8 Å². The number of ether oxygens (including phenoxy) is 2. The van der Waals surface area contributed by atoms with Crippen molar-refractivity contribution in [2.45, 2.75) is 45.6 Å². The Kier molecular flexibility index (Phi) is 8.91. The third kappa shape index (κ3) is 8.26. The van der Waals surface area contributed by atoms with Gasteiger partial charge in [0.05, 0.1) is 0 Å². The van der Waals surface area contributed by atoms with Crippen LogP contribution >= 0.6 is 0 Å². The molecule has 0 heterocycles. The fourth-order valence-electron chi connectivity index (χ4n) is 3.59. The third-order valence-electron chi connectivity index (χ3n) is 5.78. The molecule has 0 saturated heterocycles. The summed E-state index contributed by atoms with van der Waals surface area (Å²) < 4.78 is 38.0. The Hall–Kier alpha value is -4.46. The van der Waals surface area contributed by atoms with Gasteiger partial charge in [0.1, 0.15) is 17.2 Å². The lowest BCUT2D eigenvalue weighted by Crippen LogP contribution is -2.22. The number of carboxylic acid groups (broad SMARTS) is 2. The molecular weight excluding hydrogens is 506 g/mol. The number of rotatable bonds is 10. The van der Waals surface area contributed by atoms with Crippen LogP contribution in [0.5, 0.6) is 17.2 Å². The van der Waals surface area contributed by atoms with Crippen LogP contribution in [-0.2, 0) is 15.0 Å². The molecule has 6 nitrogen and oxygen atoms in total. The summed E-state index contributed by atoms with van der Waals surface area (Å²) in [5.41, 5.74) is 3.16. The zero-order valence-corrected chi connectivity index (χ0v) is 22.1. The molecular formula is C31H30F2O6. The Balaban J connectivity index is 2.01. The molecule has 3 aromatic rings. The molecule has 3 rings (SSSR count). The molecule has 0 spiro atoms. The molecule has 0 aliphatic rings. The average molecular weight is 537 g/mol. The molecule has 0 unspecified atom stereocenters. The summed E-state index contributed by atoms with van der Waals surface area (Å²) in [4.78, 5) is 22.4. The van der Waals surface area contributed by atoms with E-state index in [-0.39, 0.29) is 11.2 Å². The van der Waals surface area contributed by atoms with E-state index in [1.54, 1.807) is 36.4 Å². The second-order valence-corrected chi connectivity index (χ2v) is 9.82. The lowest BCUT2D eigenvalue weighted by atomic mass is 9.86. The van der Waals surface area contributed by atoms with E-state index in [9.17, 15) is 23.5 Å². The lowest BCUT2D eigenvalue weighted by molar-refractivity contribution is -0.177. The minimum atomic E-state index is -3.26. The number of alkyl halides is 2. The smallest absolute Gasteiger partial charge is 0.397 e. The van der Waals surface area contributed by atoms with E-state index in [0.29, 0.717) is 33.8 Å². The molecule has 0 aliphatic heterocycles. The molecule has 0 radical (unpaired) electrons. The van der Waals surface area contributed by atoms with Gasteiger partial charge in [-0.25, -0.2) is 9.59 Å². The molecule has 8 heteroatoms. The normalized spacial score (nSPS) is 12.2. The number of carboxylic acids is 2. The second-order valence-electron chi connectivity index (χ2n) is 9.82. The van der Waals surface area contributed by atoms with E-state index in [2.05, 4.69) is 0 Å². The summed E-state index contributed by atoms with van der Waals surface area (Å²) in [5, 5.41) is 18.3. The van der Waals surface area contributed by atoms with Gasteiger partial charge < -0.3 is 19.7 Å². The van der Waals surface area contributed by atoms with Crippen molar-refractivity contribution in [1.29, 1.82) is 0 Å². The first-order chi connectivity index (χ1) is 18.3. The largest absolute Gasteiger partial charge is 0.478 e. The van der Waals surface area contributed by atoms with Crippen molar-refractivity contribution in [3.8, 4) is 28.4 Å². The quantitative estimate of drug-likeness (QED) is 0.255. The molecule has 0 amide bonds. The van der Waals surface area contributed by atoms with E-state index < -0.39 is 24.5 Å². The van der Waals surface area contributed by atoms with Crippen molar-refractivity contribution in [3.05, 3.63) is 89.5 Å². The van der Waals surface area contributed by atoms with Crippen LogP contribution in [0.2, 0.25) is 0 Å². The van der Waals surface area contributed by atoms with Gasteiger partial charge in [-0.1, -0.05) is 52.0 Å². The first kappa shape index (κ1) is 29.1. The van der Waals surface area contributed by atoms with Crippen LogP contribution in [0, 0.1) is 0 Å². The third-order valence-corrected chi connectivity index (χ3v) is 5.78. The van der Waals surface area contributed by atoms with Crippen LogP contribution in [0.25, 0.3) is 23.3 Å². The Morgan fingerprint density at radius 3 is 1.82 bits per heavy atom. The van der Waals surface area contributed by atoms with E-state index in [1.807, 2.05) is 32.9 Å². The van der Waals surface area contributed by atoms with Crippen LogP contribution < -0.4 is 9.47 Å². The average Bonchev–Trinajstić information content (AvgIpc) is 2.87. The van der Waals surface area contributed by atoms with E-state index in [1.165, 1.54) is 31.2 Å². The molecule has 2 N–H and O–H groups in total. The minimum absolute atomic E-state index is 0.0252. The summed E-state index contributed by atoms with van der Waals surface area (Å²) >= 11 is 0. The Morgan fingerprint density at radius 1 is 0.795 bits per heavy atom. The van der Waals surface area contributed by atoms with Gasteiger partial charge in [-0.05, 0) is 70.7 Å². The number of hydrogen-bond acceptors (Lipinski definition) is 4. The van der Waals surface area contributed by atoms with Gasteiger partial charge in [-0.15, -0.1) is 0 Å². The van der Waals surface area contributed by atoms with Gasteiger partial charge in [0, 0.05) is 29.7 Å². The second kappa shape index (κ2) is 11.9. The van der Waals surface area contributed by atoms with Gasteiger partial charge in [0.25, 0.3) is 0 Å². The van der Waals surface area contributed by atoms with Crippen molar-refractivity contribution >= 4 is 24.1 Å². The highest BCUT2D eigenvalue weighted by Crippen LogP contribution is 2.36. The number of halogens is 2. The van der Waals surface area contributed by atoms with Crippen LogP contribution in [-0.4, -0.2) is 28.3 Å². The monoisotopic (exact) mass is 536 g/mol. The molecule has 0 atom stereocenters. The van der Waals surface area contributed by atoms with Crippen molar-refractivity contribution in [2.75, 3.05) is 0 Å². The molecule has 204 valence electrons. The summed E-state index contributed by atoms with van der Waals surface area (Å²) in [6, 6.07) is 16.7. The maximum atomic E-state index is 13.6. The maximum absolute atomic E-state index is 13.6. The Labute approximate surface area is 225 Å². The highest BCUT2D eigenvalue weighted by Gasteiger charge is 2.28. The molecule has 0 bridgehead atoms. The van der Waals surface area contributed by atoms with Crippen molar-refractivity contribution < 1.29 is 38.1 Å². The zero-order chi connectivity index (χ0) is 28.8. The summed E-state index contributed by atoms with van der Waals surface area (Å²) in [7, 11) is 0. The molecule has 3 aromatic carbocycles. The van der Waals surface area contributed by atoms with Gasteiger partial charge in [-0.3, -0.25) is 0 Å². The molecule has 0 fully saturated rings. The topological polar surface area (TPSA) is 93.1 Å². The van der Waals surface area contributed by atoms with Gasteiger partial charge in [-0.2, -0.15) is 8.78 Å². The van der Waals surface area contributed by atoms with E-state index in [4.69, 9.17) is 14.6 Å². The van der Waals surface area contributed by atoms with Crippen LogP contribution in [0.3, 0.4) is 0 Å². The van der Waals surface area contributed by atoms with Crippen molar-refractivity contribution in [3.63, 3.8) is 0 Å². The predicted octanol–water partition coefficient (Wildman–Crippen LogP) is 8.02. The highest BCUT2D eigenvalue weighted by atomic mass is 19.3. The van der Waals surface area contributed by atoms with E-state index >= 15 is 0 Å². The molecule has 0 aromatic heterocycles. The first-order valence-electron chi connectivity index (χ1n) is 12.2. The summed E-state index contributed by atoms with van der Waals surface area (Å²) in [6.45, 7) is 7.44. The number of hydrogen-bond donors (Lipinski definition) is 2. The first-order valence-corrected chi connectivity index (χ1v) is 12.2. The number of aliphatic carboxylic acids is 2. The van der Waals surface area contributed by atoms with Crippen molar-refractivity contribution in [1.82, 2.24) is 0 Å². The summed E-state index contributed by atoms with van der Waals surface area (Å²) in [6.07, 6.45) is 1.11. The lowest BCUT2D eigenvalue weighted by Gasteiger charge is -2.21. The van der Waals surface area contributed by atoms with Crippen molar-refractivity contribution in [2.24, 2.45) is 0 Å². The highest BCUT2D eigenvalue weighted by molar-refractivity contribution is 5.87. The molecule has 0 saturated carbocycles. The minimum Gasteiger partial charge on any atom is -0.478 e. The SMILES string of the molecule is CCC(F)(F)Oc1ccc(-c2ccc(Oc3ccc(C(C)(C)C)cc3/C=C/C(=O)O)c(/C=C/C(=O)O)c2)cc1. The Morgan fingerprint density at radius 2 is 1.31 bits per heavy atom. The molecule has 39 heavy (non-hydrogen) atoms. The maximum Gasteiger partial charge on any atom is 0.397 e. The van der Waals surface area contributed by atoms with Gasteiger partial charge in [0.2, 0.25) is 0 Å². The standard InChI is InChI=1S/C31H30F2O6/c1-5-31(32,33)39-25-12-6-20(7-13-25)21-8-14-26(22(18-21)9-16-28(34)35)38-27-15-11-24(30(2,3)4)19-23(27)10-17-29(36)37/h6-19H,5H2,1-4H3,(H,34,35)(H,36,37)/b16-9+,17-10+. The van der Waals surface area contributed by atoms with Gasteiger partial charge >= 0.3 is 18.0 Å². The number of carbonyl (C=O) groups is 2. The summed E-state index contributed by atoms with van der Waals surface area (Å²) in [5.74, 6) is -1.50. The predicted molar refractivity (Wildman–Crippen MR) is 146 cm³/mol.